The Hall–Kier alpha value is -0.670. The lowest BCUT2D eigenvalue weighted by Gasteiger charge is -2.29. The average molecular weight is 264 g/mol. The van der Waals surface area contributed by atoms with Gasteiger partial charge in [0, 0.05) is 37.1 Å². The Bertz CT molecular complexity index is 379. The van der Waals surface area contributed by atoms with E-state index in [4.69, 9.17) is 0 Å². The minimum atomic E-state index is 0.583. The Morgan fingerprint density at radius 1 is 1.39 bits per heavy atom. The summed E-state index contributed by atoms with van der Waals surface area (Å²) in [7, 11) is 0. The average Bonchev–Trinajstić information content (AvgIpc) is 2.56. The summed E-state index contributed by atoms with van der Waals surface area (Å²) in [6.45, 7) is 7.87. The van der Waals surface area contributed by atoms with Gasteiger partial charge in [-0.15, -0.1) is 0 Å². The second-order valence-corrected chi connectivity index (χ2v) is 6.28. The van der Waals surface area contributed by atoms with Crippen molar-refractivity contribution in [2.24, 2.45) is 5.92 Å². The smallest absolute Gasteiger partial charge is 0.0412 e. The number of thioether (sulfide) groups is 1. The first-order valence-electron chi connectivity index (χ1n) is 6.77. The lowest BCUT2D eigenvalue weighted by Crippen LogP contribution is -2.42. The van der Waals surface area contributed by atoms with Gasteiger partial charge < -0.3 is 10.2 Å². The highest BCUT2D eigenvalue weighted by Crippen LogP contribution is 2.24. The van der Waals surface area contributed by atoms with Crippen molar-refractivity contribution in [3.05, 3.63) is 29.8 Å². The van der Waals surface area contributed by atoms with Gasteiger partial charge in [-0.3, -0.25) is 0 Å². The van der Waals surface area contributed by atoms with Gasteiger partial charge in [-0.2, -0.15) is 11.8 Å². The van der Waals surface area contributed by atoms with E-state index in [9.17, 15) is 0 Å². The molecule has 0 amide bonds. The van der Waals surface area contributed by atoms with E-state index in [2.05, 4.69) is 54.6 Å². The third-order valence-corrected chi connectivity index (χ3v) is 4.26. The largest absolute Gasteiger partial charge is 0.369 e. The number of anilines is 1. The molecule has 0 bridgehead atoms. The number of hydrogen-bond acceptors (Lipinski definition) is 3. The summed E-state index contributed by atoms with van der Waals surface area (Å²) in [4.78, 5) is 2.55. The highest BCUT2D eigenvalue weighted by molar-refractivity contribution is 7.98. The van der Waals surface area contributed by atoms with Crippen LogP contribution in [0.15, 0.2) is 24.3 Å². The monoisotopic (exact) mass is 264 g/mol. The quantitative estimate of drug-likeness (QED) is 0.900. The molecular weight excluding hydrogens is 240 g/mol. The van der Waals surface area contributed by atoms with E-state index in [0.717, 1.165) is 19.6 Å². The molecule has 0 radical (unpaired) electrons. The minimum Gasteiger partial charge on any atom is -0.369 e. The van der Waals surface area contributed by atoms with Crippen molar-refractivity contribution >= 4 is 17.4 Å². The molecule has 1 heterocycles. The number of nitrogens with one attached hydrogen (secondary N) is 1. The zero-order valence-corrected chi connectivity index (χ0v) is 12.5. The van der Waals surface area contributed by atoms with Gasteiger partial charge in [0.1, 0.15) is 0 Å². The fourth-order valence-electron chi connectivity index (χ4n) is 2.47. The van der Waals surface area contributed by atoms with E-state index >= 15 is 0 Å². The molecule has 2 nitrogen and oxygen atoms in total. The van der Waals surface area contributed by atoms with Crippen LogP contribution >= 0.6 is 11.8 Å². The Morgan fingerprint density at radius 3 is 2.89 bits per heavy atom. The summed E-state index contributed by atoms with van der Waals surface area (Å²) in [5, 5.41) is 3.70. The van der Waals surface area contributed by atoms with Crippen molar-refractivity contribution in [1.82, 2.24) is 5.32 Å². The van der Waals surface area contributed by atoms with Crippen molar-refractivity contribution in [2.75, 3.05) is 30.0 Å². The van der Waals surface area contributed by atoms with E-state index in [0.29, 0.717) is 12.0 Å². The van der Waals surface area contributed by atoms with Gasteiger partial charge in [0.05, 0.1) is 0 Å². The molecule has 3 heteroatoms. The summed E-state index contributed by atoms with van der Waals surface area (Å²) in [5.74, 6) is 1.87. The van der Waals surface area contributed by atoms with Gasteiger partial charge in [0.25, 0.3) is 0 Å². The van der Waals surface area contributed by atoms with Crippen LogP contribution in [0.4, 0.5) is 5.69 Å². The van der Waals surface area contributed by atoms with E-state index < -0.39 is 0 Å². The molecule has 1 aromatic rings. The van der Waals surface area contributed by atoms with Crippen molar-refractivity contribution < 1.29 is 0 Å². The number of nitrogens with zero attached hydrogens (tertiary/aromatic N) is 1. The molecule has 0 aliphatic carbocycles. The second-order valence-electron chi connectivity index (χ2n) is 5.30. The Balaban J connectivity index is 2.21. The third-order valence-electron chi connectivity index (χ3n) is 3.67. The van der Waals surface area contributed by atoms with Crippen LogP contribution in [0, 0.1) is 5.92 Å². The molecule has 1 aliphatic heterocycles. The number of hydrogen-bond donors (Lipinski definition) is 1. The highest BCUT2D eigenvalue weighted by Gasteiger charge is 2.22. The molecule has 1 aliphatic rings. The number of fused-ring (bicyclic) bond motifs is 1. The SMILES string of the molecule is CSCCN1CC(C(C)C)NCc2ccccc21. The molecule has 1 N–H and O–H groups in total. The fraction of sp³-hybridized carbons (Fsp3) is 0.600. The van der Waals surface area contributed by atoms with E-state index in [1.54, 1.807) is 0 Å². The van der Waals surface area contributed by atoms with Crippen molar-refractivity contribution in [1.29, 1.82) is 0 Å². The molecule has 18 heavy (non-hydrogen) atoms. The first-order valence-corrected chi connectivity index (χ1v) is 8.17. The minimum absolute atomic E-state index is 0.583. The number of para-hydroxylation sites is 1. The van der Waals surface area contributed by atoms with Crippen LogP contribution in [0.25, 0.3) is 0 Å². The molecule has 0 aromatic heterocycles. The van der Waals surface area contributed by atoms with Crippen LogP contribution < -0.4 is 10.2 Å². The molecule has 1 aromatic carbocycles. The maximum Gasteiger partial charge on any atom is 0.0412 e. The predicted octanol–water partition coefficient (Wildman–Crippen LogP) is 2.98. The van der Waals surface area contributed by atoms with E-state index in [-0.39, 0.29) is 0 Å². The third kappa shape index (κ3) is 3.21. The molecule has 0 saturated heterocycles. The zero-order valence-electron chi connectivity index (χ0n) is 11.6. The molecule has 0 spiro atoms. The van der Waals surface area contributed by atoms with Crippen LogP contribution in [0.2, 0.25) is 0 Å². The van der Waals surface area contributed by atoms with Crippen LogP contribution in [-0.2, 0) is 6.54 Å². The summed E-state index contributed by atoms with van der Waals surface area (Å²) in [5.41, 5.74) is 2.85. The fourth-order valence-corrected chi connectivity index (χ4v) is 2.87. The van der Waals surface area contributed by atoms with Gasteiger partial charge in [-0.25, -0.2) is 0 Å². The summed E-state index contributed by atoms with van der Waals surface area (Å²) in [6, 6.07) is 9.39. The standard InChI is InChI=1S/C15H24N2S/c1-12(2)14-11-17(8-9-18-3)15-7-5-4-6-13(15)10-16-14/h4-7,12,14,16H,8-11H2,1-3H3. The Morgan fingerprint density at radius 2 is 2.17 bits per heavy atom. The summed E-state index contributed by atoms with van der Waals surface area (Å²) < 4.78 is 0. The Kier molecular flexibility index (Phi) is 4.95. The van der Waals surface area contributed by atoms with Crippen LogP contribution in [0.5, 0.6) is 0 Å². The predicted molar refractivity (Wildman–Crippen MR) is 82.5 cm³/mol. The summed E-state index contributed by atoms with van der Waals surface area (Å²) >= 11 is 1.92. The van der Waals surface area contributed by atoms with E-state index in [1.807, 2.05) is 11.8 Å². The molecule has 0 saturated carbocycles. The van der Waals surface area contributed by atoms with Crippen molar-refractivity contribution in [2.45, 2.75) is 26.4 Å². The first-order chi connectivity index (χ1) is 8.72. The molecule has 1 atom stereocenters. The number of rotatable bonds is 4. The molecule has 0 fully saturated rings. The maximum atomic E-state index is 3.70. The lowest BCUT2D eigenvalue weighted by atomic mass is 10.0. The van der Waals surface area contributed by atoms with E-state index in [1.165, 1.54) is 17.0 Å². The van der Waals surface area contributed by atoms with Crippen LogP contribution in [-0.4, -0.2) is 31.1 Å². The summed E-state index contributed by atoms with van der Waals surface area (Å²) in [6.07, 6.45) is 2.18. The Labute approximate surface area is 115 Å². The zero-order chi connectivity index (χ0) is 13.0. The van der Waals surface area contributed by atoms with Crippen LogP contribution in [0.1, 0.15) is 19.4 Å². The van der Waals surface area contributed by atoms with Crippen LogP contribution in [0.3, 0.4) is 0 Å². The second kappa shape index (κ2) is 6.48. The van der Waals surface area contributed by atoms with Gasteiger partial charge in [-0.05, 0) is 23.8 Å². The molecule has 100 valence electrons. The van der Waals surface area contributed by atoms with Gasteiger partial charge in [0.2, 0.25) is 0 Å². The molecule has 2 rings (SSSR count). The topological polar surface area (TPSA) is 15.3 Å². The number of benzene rings is 1. The molecule has 1 unspecified atom stereocenters. The lowest BCUT2D eigenvalue weighted by molar-refractivity contribution is 0.405. The van der Waals surface area contributed by atoms with Gasteiger partial charge >= 0.3 is 0 Å². The highest BCUT2D eigenvalue weighted by atomic mass is 32.2. The normalized spacial score (nSPS) is 19.8. The van der Waals surface area contributed by atoms with Gasteiger partial charge in [-0.1, -0.05) is 32.0 Å². The van der Waals surface area contributed by atoms with Crippen molar-refractivity contribution in [3.63, 3.8) is 0 Å². The van der Waals surface area contributed by atoms with Gasteiger partial charge in [0.15, 0.2) is 0 Å². The molecular formula is C15H24N2S. The maximum absolute atomic E-state index is 3.70. The first kappa shape index (κ1) is 13.8. The van der Waals surface area contributed by atoms with Crippen molar-refractivity contribution in [3.8, 4) is 0 Å².